The van der Waals surface area contributed by atoms with Crippen LogP contribution in [0.15, 0.2) is 41.4 Å². The molecule has 1 aromatic carbocycles. The first-order chi connectivity index (χ1) is 9.03. The van der Waals surface area contributed by atoms with Crippen LogP contribution in [-0.2, 0) is 5.41 Å². The highest BCUT2D eigenvalue weighted by atomic mass is 35.5. The lowest BCUT2D eigenvalue weighted by Gasteiger charge is -2.15. The summed E-state index contributed by atoms with van der Waals surface area (Å²) in [7, 11) is 0. The minimum Gasteiger partial charge on any atom is -0.370 e. The van der Waals surface area contributed by atoms with Crippen molar-refractivity contribution in [3.8, 4) is 0 Å². The Bertz CT molecular complexity index is 504. The number of aliphatic imine (C=N–C) groups is 1. The molecule has 1 aromatic rings. The van der Waals surface area contributed by atoms with Gasteiger partial charge in [0.2, 0.25) is 0 Å². The summed E-state index contributed by atoms with van der Waals surface area (Å²) < 4.78 is 0. The fourth-order valence-corrected chi connectivity index (χ4v) is 2.42. The summed E-state index contributed by atoms with van der Waals surface area (Å²) >= 11 is 6.26. The Morgan fingerprint density at radius 1 is 1.47 bits per heavy atom. The Balaban J connectivity index is 2.01. The average molecular weight is 278 g/mol. The second kappa shape index (κ2) is 5.66. The van der Waals surface area contributed by atoms with E-state index in [2.05, 4.69) is 23.0 Å². The number of nitrogens with two attached hydrogens (primary N) is 1. The lowest BCUT2D eigenvalue weighted by atomic mass is 9.96. The van der Waals surface area contributed by atoms with Crippen LogP contribution in [-0.4, -0.2) is 19.0 Å². The number of nitrogens with zero attached hydrogens (tertiary/aromatic N) is 1. The van der Waals surface area contributed by atoms with Crippen molar-refractivity contribution in [1.82, 2.24) is 5.32 Å². The zero-order valence-electron chi connectivity index (χ0n) is 11.2. The zero-order valence-corrected chi connectivity index (χ0v) is 12.0. The Kier molecular flexibility index (Phi) is 4.15. The Morgan fingerprint density at radius 2 is 2.16 bits per heavy atom. The maximum Gasteiger partial charge on any atom is 0.188 e. The van der Waals surface area contributed by atoms with Gasteiger partial charge in [0, 0.05) is 17.0 Å². The highest BCUT2D eigenvalue weighted by Crippen LogP contribution is 2.50. The number of halogens is 1. The summed E-state index contributed by atoms with van der Waals surface area (Å²) in [5, 5.41) is 3.87. The lowest BCUT2D eigenvalue weighted by Crippen LogP contribution is -2.33. The van der Waals surface area contributed by atoms with E-state index in [1.54, 1.807) is 0 Å². The number of hydrogen-bond acceptors (Lipinski definition) is 1. The fraction of sp³-hybridized carbons (Fsp3) is 0.400. The van der Waals surface area contributed by atoms with Gasteiger partial charge in [-0.25, -0.2) is 0 Å². The molecule has 1 saturated carbocycles. The maximum absolute atomic E-state index is 6.26. The molecule has 3 nitrogen and oxygen atoms in total. The predicted molar refractivity (Wildman–Crippen MR) is 81.7 cm³/mol. The van der Waals surface area contributed by atoms with E-state index in [1.807, 2.05) is 25.1 Å². The van der Waals surface area contributed by atoms with Crippen molar-refractivity contribution >= 4 is 17.6 Å². The van der Waals surface area contributed by atoms with Crippen LogP contribution in [0.2, 0.25) is 5.02 Å². The van der Waals surface area contributed by atoms with Crippen molar-refractivity contribution in [2.45, 2.75) is 25.2 Å². The summed E-state index contributed by atoms with van der Waals surface area (Å²) in [6.07, 6.45) is 2.24. The van der Waals surface area contributed by atoms with Gasteiger partial charge in [-0.05, 0) is 31.4 Å². The largest absolute Gasteiger partial charge is 0.370 e. The Labute approximate surface area is 119 Å². The molecule has 3 N–H and O–H groups in total. The van der Waals surface area contributed by atoms with Gasteiger partial charge in [0.15, 0.2) is 5.96 Å². The first kappa shape index (κ1) is 13.9. The van der Waals surface area contributed by atoms with Gasteiger partial charge in [0.25, 0.3) is 0 Å². The van der Waals surface area contributed by atoms with E-state index in [0.717, 1.165) is 23.4 Å². The van der Waals surface area contributed by atoms with Crippen LogP contribution in [0.3, 0.4) is 0 Å². The minimum absolute atomic E-state index is 0.0911. The molecule has 0 saturated heterocycles. The van der Waals surface area contributed by atoms with Crippen molar-refractivity contribution in [2.75, 3.05) is 13.1 Å². The topological polar surface area (TPSA) is 50.4 Å². The molecule has 0 radical (unpaired) electrons. The second-order valence-electron chi connectivity index (χ2n) is 5.27. The van der Waals surface area contributed by atoms with Gasteiger partial charge in [0.05, 0.1) is 6.54 Å². The molecule has 102 valence electrons. The van der Waals surface area contributed by atoms with Gasteiger partial charge in [-0.2, -0.15) is 0 Å². The molecule has 0 spiro atoms. The number of benzene rings is 1. The molecule has 4 heteroatoms. The first-order valence-electron chi connectivity index (χ1n) is 6.47. The molecule has 0 amide bonds. The SMILES string of the molecule is C=C(C)CNC(N)=NCC1(c2ccccc2Cl)CC1. The van der Waals surface area contributed by atoms with E-state index in [4.69, 9.17) is 17.3 Å². The third-order valence-electron chi connectivity index (χ3n) is 3.42. The van der Waals surface area contributed by atoms with E-state index in [0.29, 0.717) is 19.0 Å². The first-order valence-corrected chi connectivity index (χ1v) is 6.84. The molecule has 2 rings (SSSR count). The molecule has 0 aliphatic heterocycles. The van der Waals surface area contributed by atoms with Crippen molar-refractivity contribution in [3.63, 3.8) is 0 Å². The molecule has 1 aliphatic rings. The van der Waals surface area contributed by atoms with Gasteiger partial charge in [0.1, 0.15) is 0 Å². The van der Waals surface area contributed by atoms with Crippen molar-refractivity contribution in [3.05, 3.63) is 47.0 Å². The summed E-state index contributed by atoms with van der Waals surface area (Å²) in [6.45, 7) is 7.12. The third-order valence-corrected chi connectivity index (χ3v) is 3.75. The van der Waals surface area contributed by atoms with E-state index < -0.39 is 0 Å². The fourth-order valence-electron chi connectivity index (χ4n) is 2.09. The van der Waals surface area contributed by atoms with Crippen LogP contribution in [0.1, 0.15) is 25.3 Å². The number of hydrogen-bond donors (Lipinski definition) is 2. The van der Waals surface area contributed by atoms with E-state index in [-0.39, 0.29) is 5.41 Å². The van der Waals surface area contributed by atoms with Gasteiger partial charge in [-0.1, -0.05) is 42.0 Å². The van der Waals surface area contributed by atoms with Gasteiger partial charge in [-0.3, -0.25) is 4.99 Å². The molecule has 0 heterocycles. The number of rotatable bonds is 5. The average Bonchev–Trinajstić information content (AvgIpc) is 3.15. The smallest absolute Gasteiger partial charge is 0.188 e. The van der Waals surface area contributed by atoms with Crippen LogP contribution >= 0.6 is 11.6 Å². The molecule has 0 atom stereocenters. The van der Waals surface area contributed by atoms with Gasteiger partial charge < -0.3 is 11.1 Å². The molecular formula is C15H20ClN3. The highest BCUT2D eigenvalue weighted by Gasteiger charge is 2.45. The monoisotopic (exact) mass is 277 g/mol. The normalized spacial score (nSPS) is 17.1. The van der Waals surface area contributed by atoms with Gasteiger partial charge >= 0.3 is 0 Å². The predicted octanol–water partition coefficient (Wildman–Crippen LogP) is 2.85. The summed E-state index contributed by atoms with van der Waals surface area (Å²) in [4.78, 5) is 4.43. The van der Waals surface area contributed by atoms with Crippen molar-refractivity contribution in [1.29, 1.82) is 0 Å². The molecular weight excluding hydrogens is 258 g/mol. The second-order valence-corrected chi connectivity index (χ2v) is 5.68. The van der Waals surface area contributed by atoms with E-state index in [9.17, 15) is 0 Å². The minimum atomic E-state index is 0.0911. The molecule has 0 bridgehead atoms. The summed E-state index contributed by atoms with van der Waals surface area (Å²) in [6, 6.07) is 7.99. The lowest BCUT2D eigenvalue weighted by molar-refractivity contribution is 0.701. The Hall–Kier alpha value is -1.48. The Morgan fingerprint density at radius 3 is 2.74 bits per heavy atom. The highest BCUT2D eigenvalue weighted by molar-refractivity contribution is 6.31. The van der Waals surface area contributed by atoms with Crippen molar-refractivity contribution in [2.24, 2.45) is 10.7 Å². The quantitative estimate of drug-likeness (QED) is 0.494. The van der Waals surface area contributed by atoms with E-state index >= 15 is 0 Å². The number of guanidine groups is 1. The molecule has 1 fully saturated rings. The van der Waals surface area contributed by atoms with Gasteiger partial charge in [-0.15, -0.1) is 0 Å². The van der Waals surface area contributed by atoms with Crippen LogP contribution < -0.4 is 11.1 Å². The summed E-state index contributed by atoms with van der Waals surface area (Å²) in [5.41, 5.74) is 8.15. The van der Waals surface area contributed by atoms with Crippen molar-refractivity contribution < 1.29 is 0 Å². The van der Waals surface area contributed by atoms with E-state index in [1.165, 1.54) is 5.56 Å². The summed E-state index contributed by atoms with van der Waals surface area (Å²) in [5.74, 6) is 0.473. The van der Waals surface area contributed by atoms with Crippen LogP contribution in [0.25, 0.3) is 0 Å². The maximum atomic E-state index is 6.26. The molecule has 0 unspecified atom stereocenters. The van der Waals surface area contributed by atoms with Crippen LogP contribution in [0.4, 0.5) is 0 Å². The molecule has 0 aromatic heterocycles. The zero-order chi connectivity index (χ0) is 13.9. The molecule has 19 heavy (non-hydrogen) atoms. The standard InChI is InChI=1S/C15H20ClN3/c1-11(2)9-18-14(17)19-10-15(7-8-15)12-5-3-4-6-13(12)16/h3-6H,1,7-10H2,2H3,(H3,17,18,19). The van der Waals surface area contributed by atoms with Crippen LogP contribution in [0.5, 0.6) is 0 Å². The number of nitrogens with one attached hydrogen (secondary N) is 1. The molecule has 1 aliphatic carbocycles. The third kappa shape index (κ3) is 3.51. The van der Waals surface area contributed by atoms with Crippen LogP contribution in [0, 0.1) is 0 Å².